The minimum absolute atomic E-state index is 0.493. The minimum Gasteiger partial charge on any atom is -0.487 e. The Hall–Kier alpha value is -2.03. The molecule has 3 nitrogen and oxygen atoms in total. The van der Waals surface area contributed by atoms with Crippen LogP contribution in [0.3, 0.4) is 0 Å². The van der Waals surface area contributed by atoms with Crippen LogP contribution in [0.2, 0.25) is 0 Å². The van der Waals surface area contributed by atoms with E-state index in [0.717, 1.165) is 36.5 Å². The van der Waals surface area contributed by atoms with E-state index in [1.165, 1.54) is 5.56 Å². The van der Waals surface area contributed by atoms with Gasteiger partial charge in [0, 0.05) is 18.4 Å². The van der Waals surface area contributed by atoms with Crippen molar-refractivity contribution in [2.24, 2.45) is 0 Å². The van der Waals surface area contributed by atoms with Crippen LogP contribution in [0.25, 0.3) is 0 Å². The molecule has 1 aromatic carbocycles. The van der Waals surface area contributed by atoms with Gasteiger partial charge in [-0.2, -0.15) is 0 Å². The van der Waals surface area contributed by atoms with E-state index in [4.69, 9.17) is 4.74 Å². The second-order valence-electron chi connectivity index (χ2n) is 4.75. The number of aromatic nitrogens is 1. The third kappa shape index (κ3) is 4.26. The second kappa shape index (κ2) is 7.53. The monoisotopic (exact) mass is 270 g/mol. The van der Waals surface area contributed by atoms with Gasteiger partial charge >= 0.3 is 0 Å². The third-order valence-corrected chi connectivity index (χ3v) is 3.11. The third-order valence-electron chi connectivity index (χ3n) is 3.11. The van der Waals surface area contributed by atoms with Crippen LogP contribution in [0.15, 0.2) is 42.6 Å². The lowest BCUT2D eigenvalue weighted by molar-refractivity contribution is 0.301. The molecule has 0 radical (unpaired) electrons. The molecule has 0 aliphatic rings. The molecule has 0 aliphatic heterocycles. The number of nitrogens with one attached hydrogen (secondary N) is 1. The summed E-state index contributed by atoms with van der Waals surface area (Å²) in [6.45, 7) is 5.77. The highest BCUT2D eigenvalue weighted by Gasteiger charge is 1.99. The molecule has 0 bridgehead atoms. The standard InChI is InChI=1S/C17H22N2O/c1-3-10-18-15-9-11-19-16(12-15)13-20-17-7-5-14(4-2)6-8-17/h5-9,11-12H,3-4,10,13H2,1-2H3,(H,18,19). The van der Waals surface area contributed by atoms with Crippen LogP contribution >= 0.6 is 0 Å². The van der Waals surface area contributed by atoms with Crippen molar-refractivity contribution in [3.05, 3.63) is 53.9 Å². The van der Waals surface area contributed by atoms with Crippen molar-refractivity contribution in [1.29, 1.82) is 0 Å². The van der Waals surface area contributed by atoms with Gasteiger partial charge in [-0.1, -0.05) is 26.0 Å². The van der Waals surface area contributed by atoms with E-state index in [9.17, 15) is 0 Å². The van der Waals surface area contributed by atoms with Gasteiger partial charge < -0.3 is 10.1 Å². The molecule has 0 fully saturated rings. The molecule has 0 saturated heterocycles. The minimum atomic E-state index is 0.493. The molecule has 20 heavy (non-hydrogen) atoms. The van der Waals surface area contributed by atoms with Crippen molar-refractivity contribution in [3.63, 3.8) is 0 Å². The summed E-state index contributed by atoms with van der Waals surface area (Å²) < 4.78 is 5.76. The average Bonchev–Trinajstić information content (AvgIpc) is 2.52. The predicted molar refractivity (Wildman–Crippen MR) is 83.2 cm³/mol. The molecule has 0 aliphatic carbocycles. The molecule has 2 rings (SSSR count). The molecule has 1 N–H and O–H groups in total. The molecule has 3 heteroatoms. The Morgan fingerprint density at radius 1 is 1.10 bits per heavy atom. The molecule has 106 valence electrons. The molecule has 0 atom stereocenters. The van der Waals surface area contributed by atoms with Crippen LogP contribution in [0, 0.1) is 0 Å². The summed E-state index contributed by atoms with van der Waals surface area (Å²) in [7, 11) is 0. The number of hydrogen-bond acceptors (Lipinski definition) is 3. The van der Waals surface area contributed by atoms with Crippen molar-refractivity contribution < 1.29 is 4.74 Å². The van der Waals surface area contributed by atoms with E-state index in [1.54, 1.807) is 0 Å². The van der Waals surface area contributed by atoms with Gasteiger partial charge in [0.2, 0.25) is 0 Å². The summed E-state index contributed by atoms with van der Waals surface area (Å²) in [4.78, 5) is 4.33. The number of anilines is 1. The number of rotatable bonds is 7. The zero-order valence-electron chi connectivity index (χ0n) is 12.2. The van der Waals surface area contributed by atoms with E-state index in [2.05, 4.69) is 36.3 Å². The highest BCUT2D eigenvalue weighted by Crippen LogP contribution is 2.15. The lowest BCUT2D eigenvalue weighted by Crippen LogP contribution is -2.03. The molecule has 2 aromatic rings. The summed E-state index contributed by atoms with van der Waals surface area (Å²) in [6.07, 6.45) is 3.97. The molecule has 1 aromatic heterocycles. The molecule has 0 unspecified atom stereocenters. The highest BCUT2D eigenvalue weighted by atomic mass is 16.5. The summed E-state index contributed by atoms with van der Waals surface area (Å²) >= 11 is 0. The van der Waals surface area contributed by atoms with E-state index in [0.29, 0.717) is 6.61 Å². The van der Waals surface area contributed by atoms with Crippen LogP contribution in [0.4, 0.5) is 5.69 Å². The molecular formula is C17H22N2O. The van der Waals surface area contributed by atoms with Gasteiger partial charge in [-0.25, -0.2) is 0 Å². The predicted octanol–water partition coefficient (Wildman–Crippen LogP) is 4.04. The Balaban J connectivity index is 1.92. The van der Waals surface area contributed by atoms with E-state index in [1.807, 2.05) is 30.5 Å². The number of hydrogen-bond donors (Lipinski definition) is 1. The summed E-state index contributed by atoms with van der Waals surface area (Å²) in [5.41, 5.74) is 3.36. The van der Waals surface area contributed by atoms with Crippen molar-refractivity contribution in [2.45, 2.75) is 33.3 Å². The number of ether oxygens (including phenoxy) is 1. The maximum atomic E-state index is 5.76. The van der Waals surface area contributed by atoms with Crippen molar-refractivity contribution in [3.8, 4) is 5.75 Å². The maximum Gasteiger partial charge on any atom is 0.130 e. The van der Waals surface area contributed by atoms with E-state index < -0.39 is 0 Å². The first-order chi connectivity index (χ1) is 9.81. The largest absolute Gasteiger partial charge is 0.487 e. The SMILES string of the molecule is CCCNc1ccnc(COc2ccc(CC)cc2)c1. The molecule has 0 spiro atoms. The summed E-state index contributed by atoms with van der Waals surface area (Å²) in [6, 6.07) is 12.2. The maximum absolute atomic E-state index is 5.76. The summed E-state index contributed by atoms with van der Waals surface area (Å²) in [5.74, 6) is 0.885. The number of pyridine rings is 1. The number of nitrogens with zero attached hydrogens (tertiary/aromatic N) is 1. The Morgan fingerprint density at radius 3 is 2.60 bits per heavy atom. The molecule has 0 saturated carbocycles. The van der Waals surface area contributed by atoms with Gasteiger partial charge in [0.05, 0.1) is 5.69 Å². The summed E-state index contributed by atoms with van der Waals surface area (Å²) in [5, 5.41) is 3.35. The molecule has 1 heterocycles. The Labute approximate surface area is 121 Å². The first kappa shape index (κ1) is 14.4. The van der Waals surface area contributed by atoms with Crippen LogP contribution < -0.4 is 10.1 Å². The van der Waals surface area contributed by atoms with Crippen LogP contribution in [0.5, 0.6) is 5.75 Å². The number of benzene rings is 1. The average molecular weight is 270 g/mol. The Kier molecular flexibility index (Phi) is 5.42. The van der Waals surface area contributed by atoms with Crippen molar-refractivity contribution in [1.82, 2.24) is 4.98 Å². The zero-order chi connectivity index (χ0) is 14.2. The first-order valence-electron chi connectivity index (χ1n) is 7.22. The number of aryl methyl sites for hydroxylation is 1. The van der Waals surface area contributed by atoms with E-state index in [-0.39, 0.29) is 0 Å². The molecular weight excluding hydrogens is 248 g/mol. The highest BCUT2D eigenvalue weighted by molar-refractivity contribution is 5.43. The van der Waals surface area contributed by atoms with Gasteiger partial charge in [-0.3, -0.25) is 4.98 Å². The van der Waals surface area contributed by atoms with Crippen LogP contribution in [0.1, 0.15) is 31.5 Å². The van der Waals surface area contributed by atoms with Gasteiger partial charge in [-0.05, 0) is 42.7 Å². The van der Waals surface area contributed by atoms with Gasteiger partial charge in [0.15, 0.2) is 0 Å². The fraction of sp³-hybridized carbons (Fsp3) is 0.353. The Bertz CT molecular complexity index is 523. The Morgan fingerprint density at radius 2 is 1.90 bits per heavy atom. The van der Waals surface area contributed by atoms with E-state index >= 15 is 0 Å². The van der Waals surface area contributed by atoms with Crippen molar-refractivity contribution in [2.75, 3.05) is 11.9 Å². The zero-order valence-corrected chi connectivity index (χ0v) is 12.2. The van der Waals surface area contributed by atoms with Gasteiger partial charge in [0.25, 0.3) is 0 Å². The molecule has 0 amide bonds. The van der Waals surface area contributed by atoms with Crippen molar-refractivity contribution >= 4 is 5.69 Å². The van der Waals surface area contributed by atoms with Crippen LogP contribution in [-0.4, -0.2) is 11.5 Å². The smallest absolute Gasteiger partial charge is 0.130 e. The fourth-order valence-corrected chi connectivity index (χ4v) is 1.92. The topological polar surface area (TPSA) is 34.2 Å². The van der Waals surface area contributed by atoms with Gasteiger partial charge in [0.1, 0.15) is 12.4 Å². The second-order valence-corrected chi connectivity index (χ2v) is 4.75. The fourth-order valence-electron chi connectivity index (χ4n) is 1.92. The quantitative estimate of drug-likeness (QED) is 0.824. The normalized spacial score (nSPS) is 10.3. The van der Waals surface area contributed by atoms with Gasteiger partial charge in [-0.15, -0.1) is 0 Å². The first-order valence-corrected chi connectivity index (χ1v) is 7.22. The lowest BCUT2D eigenvalue weighted by Gasteiger charge is -2.09. The lowest BCUT2D eigenvalue weighted by atomic mass is 10.2. The van der Waals surface area contributed by atoms with Crippen LogP contribution in [-0.2, 0) is 13.0 Å².